The van der Waals surface area contributed by atoms with Gasteiger partial charge in [0, 0.05) is 6.54 Å². The Morgan fingerprint density at radius 1 is 1.45 bits per heavy atom. The molecule has 1 amide bonds. The molecule has 0 radical (unpaired) electrons. The van der Waals surface area contributed by atoms with Crippen molar-refractivity contribution in [3.63, 3.8) is 0 Å². The molecular weight excluding hydrogens is 258 g/mol. The third-order valence-corrected chi connectivity index (χ3v) is 3.22. The van der Waals surface area contributed by atoms with Crippen LogP contribution in [0.5, 0.6) is 5.75 Å². The minimum atomic E-state index is -1.03. The first kappa shape index (κ1) is 14.1. The lowest BCUT2D eigenvalue weighted by Gasteiger charge is -2.29. The van der Waals surface area contributed by atoms with Crippen LogP contribution >= 0.6 is 0 Å². The topological polar surface area (TPSA) is 66.8 Å². The number of carboxylic acid groups (broad SMARTS) is 1. The van der Waals surface area contributed by atoms with Gasteiger partial charge < -0.3 is 14.7 Å². The van der Waals surface area contributed by atoms with Gasteiger partial charge in [-0.3, -0.25) is 9.59 Å². The molecule has 0 aromatic heterocycles. The van der Waals surface area contributed by atoms with E-state index in [0.29, 0.717) is 6.42 Å². The van der Waals surface area contributed by atoms with Gasteiger partial charge in [0.2, 0.25) is 5.91 Å². The van der Waals surface area contributed by atoms with Gasteiger partial charge in [-0.05, 0) is 18.1 Å². The predicted octanol–water partition coefficient (Wildman–Crippen LogP) is 1.34. The Balaban J connectivity index is 2.09. The van der Waals surface area contributed by atoms with Crippen molar-refractivity contribution in [3.8, 4) is 5.75 Å². The summed E-state index contributed by atoms with van der Waals surface area (Å²) in [5.41, 5.74) is 0.978. The van der Waals surface area contributed by atoms with Gasteiger partial charge in [-0.1, -0.05) is 24.3 Å². The summed E-state index contributed by atoms with van der Waals surface area (Å²) in [4.78, 5) is 24.5. The van der Waals surface area contributed by atoms with Crippen LogP contribution in [0.4, 0.5) is 0 Å². The lowest BCUT2D eigenvalue weighted by atomic mass is 9.95. The molecule has 0 aliphatic carbocycles. The maximum atomic E-state index is 12.4. The SMILES string of the molecule is C=CCN(CC(=O)O)C(=O)C1COc2ccccc2C1. The van der Waals surface area contributed by atoms with Crippen molar-refractivity contribution >= 4 is 11.9 Å². The van der Waals surface area contributed by atoms with E-state index in [1.54, 1.807) is 0 Å². The van der Waals surface area contributed by atoms with Crippen molar-refractivity contribution in [1.82, 2.24) is 4.90 Å². The van der Waals surface area contributed by atoms with Crippen LogP contribution in [0.3, 0.4) is 0 Å². The summed E-state index contributed by atoms with van der Waals surface area (Å²) in [6, 6.07) is 7.57. The number of benzene rings is 1. The van der Waals surface area contributed by atoms with E-state index in [1.165, 1.54) is 11.0 Å². The van der Waals surface area contributed by atoms with Crippen LogP contribution in [-0.4, -0.2) is 41.6 Å². The quantitative estimate of drug-likeness (QED) is 0.823. The number of nitrogens with zero attached hydrogens (tertiary/aromatic N) is 1. The first-order valence-electron chi connectivity index (χ1n) is 6.44. The maximum absolute atomic E-state index is 12.4. The van der Waals surface area contributed by atoms with E-state index < -0.39 is 5.97 Å². The van der Waals surface area contributed by atoms with Gasteiger partial charge in [-0.2, -0.15) is 0 Å². The monoisotopic (exact) mass is 275 g/mol. The number of rotatable bonds is 5. The molecule has 1 aliphatic heterocycles. The molecule has 1 heterocycles. The van der Waals surface area contributed by atoms with Gasteiger partial charge in [0.25, 0.3) is 0 Å². The number of fused-ring (bicyclic) bond motifs is 1. The summed E-state index contributed by atoms with van der Waals surface area (Å²) in [7, 11) is 0. The smallest absolute Gasteiger partial charge is 0.323 e. The van der Waals surface area contributed by atoms with Crippen molar-refractivity contribution in [2.24, 2.45) is 5.92 Å². The van der Waals surface area contributed by atoms with Crippen LogP contribution < -0.4 is 4.74 Å². The minimum Gasteiger partial charge on any atom is -0.492 e. The van der Waals surface area contributed by atoms with Crippen molar-refractivity contribution in [2.75, 3.05) is 19.7 Å². The van der Waals surface area contributed by atoms with Crippen LogP contribution in [-0.2, 0) is 16.0 Å². The second kappa shape index (κ2) is 6.23. The molecule has 1 atom stereocenters. The van der Waals surface area contributed by atoms with Gasteiger partial charge in [-0.25, -0.2) is 0 Å². The number of para-hydroxylation sites is 1. The molecule has 1 unspecified atom stereocenters. The number of carbonyl (C=O) groups excluding carboxylic acids is 1. The van der Waals surface area contributed by atoms with Gasteiger partial charge in [0.1, 0.15) is 18.9 Å². The highest BCUT2D eigenvalue weighted by atomic mass is 16.5. The van der Waals surface area contributed by atoms with Crippen LogP contribution in [0.2, 0.25) is 0 Å². The highest BCUT2D eigenvalue weighted by molar-refractivity contribution is 5.83. The Morgan fingerprint density at radius 3 is 2.90 bits per heavy atom. The molecule has 5 heteroatoms. The predicted molar refractivity (Wildman–Crippen MR) is 73.5 cm³/mol. The largest absolute Gasteiger partial charge is 0.492 e. The van der Waals surface area contributed by atoms with Crippen molar-refractivity contribution in [3.05, 3.63) is 42.5 Å². The third-order valence-electron chi connectivity index (χ3n) is 3.22. The molecule has 2 rings (SSSR count). The second-order valence-electron chi connectivity index (χ2n) is 4.72. The number of carboxylic acids is 1. The zero-order valence-corrected chi connectivity index (χ0v) is 11.1. The molecule has 0 spiro atoms. The summed E-state index contributed by atoms with van der Waals surface area (Å²) in [5, 5.41) is 8.86. The second-order valence-corrected chi connectivity index (χ2v) is 4.72. The molecule has 5 nitrogen and oxygen atoms in total. The number of hydrogen-bond acceptors (Lipinski definition) is 3. The van der Waals surface area contributed by atoms with Crippen molar-refractivity contribution < 1.29 is 19.4 Å². The van der Waals surface area contributed by atoms with Crippen LogP contribution in [0.25, 0.3) is 0 Å². The molecule has 106 valence electrons. The molecule has 1 N–H and O–H groups in total. The lowest BCUT2D eigenvalue weighted by Crippen LogP contribution is -2.43. The molecule has 1 aromatic rings. The molecule has 20 heavy (non-hydrogen) atoms. The van der Waals surface area contributed by atoms with E-state index in [1.807, 2.05) is 24.3 Å². The van der Waals surface area contributed by atoms with Gasteiger partial charge in [0.05, 0.1) is 5.92 Å². The fraction of sp³-hybridized carbons (Fsp3) is 0.333. The zero-order valence-electron chi connectivity index (χ0n) is 11.1. The molecule has 1 aromatic carbocycles. The average molecular weight is 275 g/mol. The van der Waals surface area contributed by atoms with Gasteiger partial charge >= 0.3 is 5.97 Å². The molecular formula is C15H17NO4. The van der Waals surface area contributed by atoms with Crippen LogP contribution in [0.1, 0.15) is 5.56 Å². The van der Waals surface area contributed by atoms with Crippen molar-refractivity contribution in [1.29, 1.82) is 0 Å². The number of aliphatic carboxylic acids is 1. The number of hydrogen-bond donors (Lipinski definition) is 1. The van der Waals surface area contributed by atoms with E-state index in [9.17, 15) is 9.59 Å². The van der Waals surface area contributed by atoms with Crippen LogP contribution in [0, 0.1) is 5.92 Å². The highest BCUT2D eigenvalue weighted by Gasteiger charge is 2.29. The number of amides is 1. The molecule has 0 fully saturated rings. The molecule has 0 saturated carbocycles. The molecule has 0 bridgehead atoms. The maximum Gasteiger partial charge on any atom is 0.323 e. The first-order chi connectivity index (χ1) is 9.61. The van der Waals surface area contributed by atoms with Crippen LogP contribution in [0.15, 0.2) is 36.9 Å². The van der Waals surface area contributed by atoms with Crippen molar-refractivity contribution in [2.45, 2.75) is 6.42 Å². The Bertz CT molecular complexity index is 526. The average Bonchev–Trinajstić information content (AvgIpc) is 2.45. The fourth-order valence-corrected chi connectivity index (χ4v) is 2.30. The van der Waals surface area contributed by atoms with E-state index in [0.717, 1.165) is 11.3 Å². The third kappa shape index (κ3) is 3.17. The first-order valence-corrected chi connectivity index (χ1v) is 6.44. The summed E-state index contributed by atoms with van der Waals surface area (Å²) < 4.78 is 5.57. The van der Waals surface area contributed by atoms with Gasteiger partial charge in [-0.15, -0.1) is 6.58 Å². The Labute approximate surface area is 117 Å². The summed E-state index contributed by atoms with van der Waals surface area (Å²) >= 11 is 0. The standard InChI is InChI=1S/C15H17NO4/c1-2-7-16(9-14(17)18)15(19)12-8-11-5-3-4-6-13(11)20-10-12/h2-6,12H,1,7-10H2,(H,17,18). The zero-order chi connectivity index (χ0) is 14.5. The summed E-state index contributed by atoms with van der Waals surface area (Å²) in [6.45, 7) is 3.74. The Kier molecular flexibility index (Phi) is 4.40. The van der Waals surface area contributed by atoms with E-state index in [4.69, 9.17) is 9.84 Å². The van der Waals surface area contributed by atoms with E-state index in [2.05, 4.69) is 6.58 Å². The van der Waals surface area contributed by atoms with Gasteiger partial charge in [0.15, 0.2) is 0 Å². The summed E-state index contributed by atoms with van der Waals surface area (Å²) in [6.07, 6.45) is 2.10. The summed E-state index contributed by atoms with van der Waals surface area (Å²) in [5.74, 6) is -0.784. The Hall–Kier alpha value is -2.30. The van der Waals surface area contributed by atoms with E-state index in [-0.39, 0.29) is 31.5 Å². The molecule has 1 aliphatic rings. The molecule has 0 saturated heterocycles. The normalized spacial score (nSPS) is 16.7. The van der Waals surface area contributed by atoms with E-state index >= 15 is 0 Å². The Morgan fingerprint density at radius 2 is 2.20 bits per heavy atom. The fourth-order valence-electron chi connectivity index (χ4n) is 2.30. The minimum absolute atomic E-state index is 0.207. The highest BCUT2D eigenvalue weighted by Crippen LogP contribution is 2.27. The lowest BCUT2D eigenvalue weighted by molar-refractivity contribution is -0.146. The number of carbonyl (C=O) groups is 2. The number of ether oxygens (including phenoxy) is 1.